The number of hydrogen-bond acceptors (Lipinski definition) is 16. The predicted octanol–water partition coefficient (Wildman–Crippen LogP) is 6.69. The quantitative estimate of drug-likeness (QED) is 0.0523. The Morgan fingerprint density at radius 3 is 1.39 bits per heavy atom. The molecule has 2 heterocycles. The Labute approximate surface area is 409 Å². The maximum atomic E-state index is 14.1. The zero-order chi connectivity index (χ0) is 49.7. The zero-order valence-corrected chi connectivity index (χ0v) is 38.7. The molecule has 2 fully saturated rings. The Kier molecular flexibility index (Phi) is 16.4. The summed E-state index contributed by atoms with van der Waals surface area (Å²) in [4.78, 5) is 69.6. The highest BCUT2D eigenvalue weighted by Gasteiger charge is 2.63. The number of methoxy groups -OCH3 is 1. The molecule has 8 rings (SSSR count). The van der Waals surface area contributed by atoms with Gasteiger partial charge in [0.05, 0.1) is 40.5 Å². The van der Waals surface area contributed by atoms with Gasteiger partial charge in [0, 0.05) is 13.7 Å². The highest BCUT2D eigenvalue weighted by molar-refractivity contribution is 5.92. The molecular formula is C55H52N2O14. The van der Waals surface area contributed by atoms with Crippen LogP contribution in [0.25, 0.3) is 0 Å². The van der Waals surface area contributed by atoms with Crippen LogP contribution in [0.1, 0.15) is 64.3 Å². The van der Waals surface area contributed by atoms with Gasteiger partial charge in [0.15, 0.2) is 24.6 Å². The van der Waals surface area contributed by atoms with Crippen molar-refractivity contribution < 1.29 is 66.6 Å². The molecule has 2 saturated heterocycles. The van der Waals surface area contributed by atoms with E-state index in [9.17, 15) is 24.0 Å². The Bertz CT molecular complexity index is 2700. The fourth-order valence-corrected chi connectivity index (χ4v) is 8.20. The zero-order valence-electron chi connectivity index (χ0n) is 38.7. The van der Waals surface area contributed by atoms with Crippen LogP contribution >= 0.6 is 0 Å². The molecule has 71 heavy (non-hydrogen) atoms. The number of hydrogen-bond donors (Lipinski definition) is 2. The Balaban J connectivity index is 1.18. The lowest BCUT2D eigenvalue weighted by Crippen LogP contribution is -2.67. The molecule has 0 aromatic heterocycles. The highest BCUT2D eigenvalue weighted by Crippen LogP contribution is 2.39. The molecule has 0 bridgehead atoms. The minimum absolute atomic E-state index is 0.0194. The fourth-order valence-electron chi connectivity index (χ4n) is 8.20. The number of carbonyl (C=O) groups is 5. The van der Waals surface area contributed by atoms with Crippen LogP contribution in [0.5, 0.6) is 0 Å². The third kappa shape index (κ3) is 12.1. The van der Waals surface area contributed by atoms with Gasteiger partial charge in [0.1, 0.15) is 18.3 Å². The van der Waals surface area contributed by atoms with Crippen molar-refractivity contribution in [2.75, 3.05) is 13.7 Å². The smallest absolute Gasteiger partial charge is 0.338 e. The van der Waals surface area contributed by atoms with Gasteiger partial charge >= 0.3 is 29.8 Å². The summed E-state index contributed by atoms with van der Waals surface area (Å²) in [5.74, 6) is -6.21. The van der Waals surface area contributed by atoms with Gasteiger partial charge in [-0.3, -0.25) is 5.32 Å². The van der Waals surface area contributed by atoms with Crippen molar-refractivity contribution in [2.45, 2.75) is 74.5 Å². The third-order valence-corrected chi connectivity index (χ3v) is 11.9. The summed E-state index contributed by atoms with van der Waals surface area (Å²) in [5, 5.41) is 3.19. The molecular weight excluding hydrogens is 913 g/mol. The topological polar surface area (TPSA) is 206 Å². The lowest BCUT2D eigenvalue weighted by atomic mass is 9.96. The lowest BCUT2D eigenvalue weighted by molar-refractivity contribution is -0.287. The summed E-state index contributed by atoms with van der Waals surface area (Å²) < 4.78 is 56.5. The molecule has 6 aromatic rings. The second-order valence-corrected chi connectivity index (χ2v) is 16.6. The fraction of sp³-hybridized carbons (Fsp3) is 0.255. The van der Waals surface area contributed by atoms with Crippen molar-refractivity contribution in [3.05, 3.63) is 215 Å². The second-order valence-electron chi connectivity index (χ2n) is 16.6. The summed E-state index contributed by atoms with van der Waals surface area (Å²) in [6.45, 7) is 1.15. The Morgan fingerprint density at radius 2 is 0.944 bits per heavy atom. The van der Waals surface area contributed by atoms with Gasteiger partial charge in [-0.2, -0.15) is 0 Å². The molecule has 3 N–H and O–H groups in total. The van der Waals surface area contributed by atoms with Gasteiger partial charge in [-0.1, -0.05) is 121 Å². The van der Waals surface area contributed by atoms with E-state index in [2.05, 4.69) is 5.32 Å². The molecule has 6 aromatic carbocycles. The number of carbonyl (C=O) groups excluding carboxylic acids is 5. The molecule has 0 radical (unpaired) electrons. The third-order valence-electron chi connectivity index (χ3n) is 11.9. The standard InChI is InChI=1S/C55H52N2O14/c1-35(65-49(58)37-23-11-4-12-24-37)44-47(69-52(61)40-29-17-7-18-30-40)48(70-53(62)41-31-19-8-20-32-41)55(63-2,71-44)57-33-42-45(67-50(59)38-25-13-5-14-26-38)46(68-51(60)39-27-15-6-16-28-39)43(56)54(66-42)64-34-36-21-9-3-10-22-36/h3-32,35,42-48,54,57H,33-34,56H2,1-2H3/t35-,42-,43-,44-,45-,46-,47+,48-,54+,55-/m1/s1. The van der Waals surface area contributed by atoms with Crippen LogP contribution in [-0.2, 0) is 49.2 Å². The highest BCUT2D eigenvalue weighted by atomic mass is 16.8. The van der Waals surface area contributed by atoms with E-state index in [1.165, 1.54) is 38.3 Å². The van der Waals surface area contributed by atoms with Gasteiger partial charge in [-0.05, 0) is 73.2 Å². The number of nitrogens with one attached hydrogen (secondary N) is 1. The van der Waals surface area contributed by atoms with E-state index in [-0.39, 0.29) is 34.4 Å². The van der Waals surface area contributed by atoms with Crippen molar-refractivity contribution in [2.24, 2.45) is 5.73 Å². The molecule has 0 unspecified atom stereocenters. The van der Waals surface area contributed by atoms with E-state index in [1.807, 2.05) is 30.3 Å². The Hall–Kier alpha value is -7.57. The van der Waals surface area contributed by atoms with E-state index < -0.39 is 97.4 Å². The average Bonchev–Trinajstić information content (AvgIpc) is 3.72. The predicted molar refractivity (Wildman–Crippen MR) is 254 cm³/mol. The van der Waals surface area contributed by atoms with Gasteiger partial charge < -0.3 is 48.4 Å². The summed E-state index contributed by atoms with van der Waals surface area (Å²) in [7, 11) is 1.26. The molecule has 0 amide bonds. The van der Waals surface area contributed by atoms with Gasteiger partial charge in [0.25, 0.3) is 5.91 Å². The van der Waals surface area contributed by atoms with Crippen molar-refractivity contribution >= 4 is 29.8 Å². The molecule has 366 valence electrons. The number of esters is 5. The molecule has 10 atom stereocenters. The molecule has 2 aliphatic rings. The maximum Gasteiger partial charge on any atom is 0.338 e. The minimum Gasteiger partial charge on any atom is -0.456 e. The molecule has 2 aliphatic heterocycles. The van der Waals surface area contributed by atoms with Crippen molar-refractivity contribution in [3.63, 3.8) is 0 Å². The van der Waals surface area contributed by atoms with Gasteiger partial charge in [0.2, 0.25) is 6.10 Å². The molecule has 16 nitrogen and oxygen atoms in total. The SMILES string of the molecule is CO[C@@]1(NC[C@H]2O[C@H](OCc3ccccc3)[C@H](N)[C@@H](OC(=O)c3ccccc3)[C@@H]2OC(=O)c2ccccc2)O[C@H]([C@@H](C)OC(=O)c2ccccc2)[C@H](OC(=O)c2ccccc2)[C@H]1OC(=O)c1ccccc1. The summed E-state index contributed by atoms with van der Waals surface area (Å²) >= 11 is 0. The van der Waals surface area contributed by atoms with Crippen LogP contribution in [-0.4, -0.2) is 104 Å². The second kappa shape index (κ2) is 23.4. The van der Waals surface area contributed by atoms with Crippen molar-refractivity contribution in [1.29, 1.82) is 0 Å². The number of benzene rings is 6. The first-order valence-corrected chi connectivity index (χ1v) is 22.9. The summed E-state index contributed by atoms with van der Waals surface area (Å²) in [6, 6.07) is 48.7. The van der Waals surface area contributed by atoms with Gasteiger partial charge in [-0.25, -0.2) is 24.0 Å². The average molecular weight is 965 g/mol. The molecule has 0 saturated carbocycles. The van der Waals surface area contributed by atoms with Crippen LogP contribution in [0, 0.1) is 0 Å². The lowest BCUT2D eigenvalue weighted by Gasteiger charge is -2.45. The number of rotatable bonds is 18. The Morgan fingerprint density at radius 1 is 0.549 bits per heavy atom. The van der Waals surface area contributed by atoms with Crippen LogP contribution in [0.15, 0.2) is 182 Å². The van der Waals surface area contributed by atoms with E-state index in [1.54, 1.807) is 127 Å². The minimum atomic E-state index is -2.25. The van der Waals surface area contributed by atoms with Crippen LogP contribution in [0.3, 0.4) is 0 Å². The number of ether oxygens (including phenoxy) is 9. The first-order valence-electron chi connectivity index (χ1n) is 22.9. The monoisotopic (exact) mass is 964 g/mol. The van der Waals surface area contributed by atoms with E-state index in [0.29, 0.717) is 0 Å². The normalized spacial score (nSPS) is 24.2. The number of nitrogens with two attached hydrogens (primary N) is 1. The van der Waals surface area contributed by atoms with Crippen LogP contribution < -0.4 is 11.1 Å². The van der Waals surface area contributed by atoms with E-state index in [0.717, 1.165) is 5.56 Å². The molecule has 0 spiro atoms. The molecule has 0 aliphatic carbocycles. The van der Waals surface area contributed by atoms with E-state index in [4.69, 9.17) is 48.4 Å². The molecule has 16 heteroatoms. The van der Waals surface area contributed by atoms with E-state index >= 15 is 0 Å². The van der Waals surface area contributed by atoms with Crippen LogP contribution in [0.4, 0.5) is 0 Å². The van der Waals surface area contributed by atoms with Crippen LogP contribution in [0.2, 0.25) is 0 Å². The van der Waals surface area contributed by atoms with Crippen molar-refractivity contribution in [3.8, 4) is 0 Å². The van der Waals surface area contributed by atoms with Crippen molar-refractivity contribution in [1.82, 2.24) is 5.32 Å². The van der Waals surface area contributed by atoms with Gasteiger partial charge in [-0.15, -0.1) is 0 Å². The maximum absolute atomic E-state index is 14.1. The summed E-state index contributed by atoms with van der Waals surface area (Å²) in [5.41, 5.74) is 8.56. The largest absolute Gasteiger partial charge is 0.456 e. The first kappa shape index (κ1) is 49.8. The summed E-state index contributed by atoms with van der Waals surface area (Å²) in [6.07, 6.45) is -11.2. The first-order chi connectivity index (χ1) is 34.5.